The van der Waals surface area contributed by atoms with Crippen molar-refractivity contribution in [2.24, 2.45) is 0 Å². The molecule has 122 valence electrons. The second-order valence-corrected chi connectivity index (χ2v) is 6.17. The van der Waals surface area contributed by atoms with Crippen LogP contribution in [0.2, 0.25) is 0 Å². The molecule has 0 radical (unpaired) electrons. The third-order valence-corrected chi connectivity index (χ3v) is 4.48. The maximum absolute atomic E-state index is 12.1. The minimum Gasteiger partial charge on any atom is -0.497 e. The highest BCUT2D eigenvalue weighted by molar-refractivity contribution is 7.13. The molecule has 0 aliphatic heterocycles. The summed E-state index contributed by atoms with van der Waals surface area (Å²) in [5, 5.41) is 5.79. The van der Waals surface area contributed by atoms with Crippen molar-refractivity contribution in [3.05, 3.63) is 71.2 Å². The van der Waals surface area contributed by atoms with Crippen LogP contribution in [-0.4, -0.2) is 18.0 Å². The molecule has 0 fully saturated rings. The quantitative estimate of drug-likeness (QED) is 0.746. The van der Waals surface area contributed by atoms with Gasteiger partial charge in [-0.2, -0.15) is 0 Å². The van der Waals surface area contributed by atoms with Gasteiger partial charge in [-0.3, -0.25) is 4.79 Å². The van der Waals surface area contributed by atoms with Crippen LogP contribution >= 0.6 is 11.3 Å². The summed E-state index contributed by atoms with van der Waals surface area (Å²) in [6.45, 7) is 0.478. The summed E-state index contributed by atoms with van der Waals surface area (Å²) in [6.07, 6.45) is 0.285. The molecule has 0 aliphatic carbocycles. The van der Waals surface area contributed by atoms with Crippen LogP contribution in [0.5, 0.6) is 5.75 Å². The van der Waals surface area contributed by atoms with E-state index in [4.69, 9.17) is 4.74 Å². The highest BCUT2D eigenvalue weighted by atomic mass is 32.1. The topological polar surface area (TPSA) is 51.2 Å². The number of benzene rings is 2. The molecule has 4 nitrogen and oxygen atoms in total. The predicted octanol–water partition coefficient (Wildman–Crippen LogP) is 3.68. The van der Waals surface area contributed by atoms with Gasteiger partial charge in [-0.05, 0) is 17.7 Å². The van der Waals surface area contributed by atoms with Crippen molar-refractivity contribution in [2.45, 2.75) is 13.0 Å². The Labute approximate surface area is 145 Å². The second kappa shape index (κ2) is 7.75. The van der Waals surface area contributed by atoms with Crippen molar-refractivity contribution in [3.8, 4) is 16.3 Å². The Morgan fingerprint density at radius 3 is 2.79 bits per heavy atom. The van der Waals surface area contributed by atoms with Crippen molar-refractivity contribution in [2.75, 3.05) is 7.11 Å². The number of aromatic nitrogens is 1. The van der Waals surface area contributed by atoms with E-state index in [0.29, 0.717) is 6.54 Å². The van der Waals surface area contributed by atoms with Gasteiger partial charge in [-0.25, -0.2) is 4.98 Å². The van der Waals surface area contributed by atoms with E-state index in [-0.39, 0.29) is 12.3 Å². The van der Waals surface area contributed by atoms with Crippen LogP contribution in [-0.2, 0) is 17.8 Å². The number of rotatable bonds is 6. The van der Waals surface area contributed by atoms with Gasteiger partial charge >= 0.3 is 0 Å². The summed E-state index contributed by atoms with van der Waals surface area (Å²) in [6, 6.07) is 17.6. The van der Waals surface area contributed by atoms with E-state index in [2.05, 4.69) is 10.3 Å². The molecule has 1 N–H and O–H groups in total. The third-order valence-electron chi connectivity index (χ3n) is 3.54. The standard InChI is InChI=1S/C19H18N2O2S/c1-23-17-9-5-6-14(10-17)12-20-18(22)11-16-13-24-19(21-16)15-7-3-2-4-8-15/h2-10,13H,11-12H2,1H3,(H,20,22). The Morgan fingerprint density at radius 2 is 2.00 bits per heavy atom. The average Bonchev–Trinajstić information content (AvgIpc) is 3.09. The molecule has 3 aromatic rings. The number of hydrogen-bond acceptors (Lipinski definition) is 4. The van der Waals surface area contributed by atoms with Gasteiger partial charge < -0.3 is 10.1 Å². The van der Waals surface area contributed by atoms with Crippen molar-refractivity contribution >= 4 is 17.2 Å². The first-order valence-electron chi connectivity index (χ1n) is 7.64. The molecule has 1 heterocycles. The minimum atomic E-state index is -0.0391. The smallest absolute Gasteiger partial charge is 0.226 e. The van der Waals surface area contributed by atoms with Crippen LogP contribution in [0, 0.1) is 0 Å². The predicted molar refractivity (Wildman–Crippen MR) is 96.1 cm³/mol. The van der Waals surface area contributed by atoms with E-state index in [1.165, 1.54) is 0 Å². The van der Waals surface area contributed by atoms with Crippen LogP contribution < -0.4 is 10.1 Å². The first kappa shape index (κ1) is 16.2. The van der Waals surface area contributed by atoms with Gasteiger partial charge in [0.25, 0.3) is 0 Å². The lowest BCUT2D eigenvalue weighted by atomic mass is 10.2. The summed E-state index contributed by atoms with van der Waals surface area (Å²) in [5.41, 5.74) is 2.87. The summed E-state index contributed by atoms with van der Waals surface area (Å²) in [4.78, 5) is 16.6. The molecule has 24 heavy (non-hydrogen) atoms. The zero-order valence-corrected chi connectivity index (χ0v) is 14.2. The maximum Gasteiger partial charge on any atom is 0.226 e. The molecule has 5 heteroatoms. The molecule has 3 rings (SSSR count). The Kier molecular flexibility index (Phi) is 5.23. The number of thiazole rings is 1. The molecular weight excluding hydrogens is 320 g/mol. The molecule has 0 saturated carbocycles. The fraction of sp³-hybridized carbons (Fsp3) is 0.158. The molecule has 0 aliphatic rings. The van der Waals surface area contributed by atoms with Crippen molar-refractivity contribution in [3.63, 3.8) is 0 Å². The Morgan fingerprint density at radius 1 is 1.17 bits per heavy atom. The first-order chi connectivity index (χ1) is 11.7. The molecule has 0 bridgehead atoms. The van der Waals surface area contributed by atoms with Gasteiger partial charge in [0.2, 0.25) is 5.91 Å². The molecule has 0 atom stereocenters. The van der Waals surface area contributed by atoms with Gasteiger partial charge in [0, 0.05) is 17.5 Å². The monoisotopic (exact) mass is 338 g/mol. The van der Waals surface area contributed by atoms with E-state index >= 15 is 0 Å². The number of nitrogens with one attached hydrogen (secondary N) is 1. The lowest BCUT2D eigenvalue weighted by molar-refractivity contribution is -0.120. The number of hydrogen-bond donors (Lipinski definition) is 1. The van der Waals surface area contributed by atoms with Crippen molar-refractivity contribution in [1.82, 2.24) is 10.3 Å². The number of ether oxygens (including phenoxy) is 1. The van der Waals surface area contributed by atoms with Crippen LogP contribution in [0.1, 0.15) is 11.3 Å². The van der Waals surface area contributed by atoms with E-state index < -0.39 is 0 Å². The van der Waals surface area contributed by atoms with E-state index in [9.17, 15) is 4.79 Å². The number of nitrogens with zero attached hydrogens (tertiary/aromatic N) is 1. The zero-order chi connectivity index (χ0) is 16.8. The SMILES string of the molecule is COc1cccc(CNC(=O)Cc2csc(-c3ccccc3)n2)c1. The molecule has 0 unspecified atom stereocenters. The molecule has 1 amide bonds. The number of carbonyl (C=O) groups is 1. The minimum absolute atomic E-state index is 0.0391. The highest BCUT2D eigenvalue weighted by Gasteiger charge is 2.09. The molecule has 1 aromatic heterocycles. The lowest BCUT2D eigenvalue weighted by Crippen LogP contribution is -2.24. The maximum atomic E-state index is 12.1. The molecule has 0 saturated heterocycles. The molecule has 0 spiro atoms. The van der Waals surface area contributed by atoms with Gasteiger partial charge in [-0.15, -0.1) is 11.3 Å². The van der Waals surface area contributed by atoms with Crippen LogP contribution in [0.4, 0.5) is 0 Å². The Bertz CT molecular complexity index is 815. The summed E-state index contributed by atoms with van der Waals surface area (Å²) >= 11 is 1.56. The number of methoxy groups -OCH3 is 1. The zero-order valence-electron chi connectivity index (χ0n) is 13.4. The van der Waals surface area contributed by atoms with Crippen LogP contribution in [0.15, 0.2) is 60.0 Å². The van der Waals surface area contributed by atoms with Crippen molar-refractivity contribution < 1.29 is 9.53 Å². The number of amides is 1. The fourth-order valence-electron chi connectivity index (χ4n) is 2.31. The average molecular weight is 338 g/mol. The third kappa shape index (κ3) is 4.20. The normalized spacial score (nSPS) is 10.4. The van der Waals surface area contributed by atoms with Gasteiger partial charge in [0.05, 0.1) is 19.2 Å². The highest BCUT2D eigenvalue weighted by Crippen LogP contribution is 2.23. The van der Waals surface area contributed by atoms with Gasteiger partial charge in [0.15, 0.2) is 0 Å². The van der Waals surface area contributed by atoms with E-state index in [0.717, 1.165) is 27.6 Å². The number of carbonyl (C=O) groups excluding carboxylic acids is 1. The van der Waals surface area contributed by atoms with E-state index in [1.807, 2.05) is 60.0 Å². The van der Waals surface area contributed by atoms with Crippen LogP contribution in [0.25, 0.3) is 10.6 Å². The summed E-state index contributed by atoms with van der Waals surface area (Å²) < 4.78 is 5.18. The molecule has 2 aromatic carbocycles. The fourth-order valence-corrected chi connectivity index (χ4v) is 3.14. The van der Waals surface area contributed by atoms with Gasteiger partial charge in [-0.1, -0.05) is 42.5 Å². The summed E-state index contributed by atoms with van der Waals surface area (Å²) in [7, 11) is 1.63. The van der Waals surface area contributed by atoms with E-state index in [1.54, 1.807) is 18.4 Å². The Balaban J connectivity index is 1.56. The largest absolute Gasteiger partial charge is 0.497 e. The Hall–Kier alpha value is -2.66. The van der Waals surface area contributed by atoms with Gasteiger partial charge in [0.1, 0.15) is 10.8 Å². The first-order valence-corrected chi connectivity index (χ1v) is 8.52. The van der Waals surface area contributed by atoms with Crippen molar-refractivity contribution in [1.29, 1.82) is 0 Å². The second-order valence-electron chi connectivity index (χ2n) is 5.32. The molecular formula is C19H18N2O2S. The van der Waals surface area contributed by atoms with Crippen LogP contribution in [0.3, 0.4) is 0 Å². The summed E-state index contributed by atoms with van der Waals surface area (Å²) in [5.74, 6) is 0.747. The lowest BCUT2D eigenvalue weighted by Gasteiger charge is -2.06.